The average molecular weight is 417 g/mol. The van der Waals surface area contributed by atoms with E-state index in [1.54, 1.807) is 12.3 Å². The fourth-order valence-electron chi connectivity index (χ4n) is 3.27. The molecule has 2 aromatic carbocycles. The van der Waals surface area contributed by atoms with Gasteiger partial charge >= 0.3 is 0 Å². The van der Waals surface area contributed by atoms with E-state index in [1.165, 1.54) is 6.07 Å². The lowest BCUT2D eigenvalue weighted by Crippen LogP contribution is -2.36. The quantitative estimate of drug-likeness (QED) is 0.489. The molecule has 0 unspecified atom stereocenters. The number of rotatable bonds is 6. The third kappa shape index (κ3) is 5.43. The van der Waals surface area contributed by atoms with Gasteiger partial charge in [0.2, 0.25) is 0 Å². The highest BCUT2D eigenvalue weighted by molar-refractivity contribution is 5.82. The number of nitrogens with zero attached hydrogens (tertiary/aromatic N) is 4. The summed E-state index contributed by atoms with van der Waals surface area (Å²) in [5.41, 5.74) is 5.58. The molecular weight excluding hydrogens is 394 g/mol. The van der Waals surface area contributed by atoms with Crippen LogP contribution in [0.4, 0.5) is 5.69 Å². The minimum atomic E-state index is -0.430. The summed E-state index contributed by atoms with van der Waals surface area (Å²) in [5.74, 6) is -0.430. The highest BCUT2D eigenvalue weighted by Gasteiger charge is 2.10. The maximum atomic E-state index is 12.2. The van der Waals surface area contributed by atoms with Gasteiger partial charge in [-0.3, -0.25) is 9.59 Å². The number of hydrogen-bond donors (Lipinski definition) is 1. The summed E-state index contributed by atoms with van der Waals surface area (Å²) in [7, 11) is 0. The summed E-state index contributed by atoms with van der Waals surface area (Å²) in [4.78, 5) is 26.6. The van der Waals surface area contributed by atoms with Crippen molar-refractivity contribution in [2.24, 2.45) is 5.10 Å². The van der Waals surface area contributed by atoms with Gasteiger partial charge in [0.1, 0.15) is 6.54 Å². The van der Waals surface area contributed by atoms with Crippen molar-refractivity contribution >= 4 is 17.8 Å². The van der Waals surface area contributed by atoms with Crippen LogP contribution in [0.25, 0.3) is 11.3 Å². The molecule has 0 aliphatic carbocycles. The average Bonchev–Trinajstić information content (AvgIpc) is 2.82. The highest BCUT2D eigenvalue weighted by Crippen LogP contribution is 2.16. The molecule has 2 heterocycles. The normalized spacial score (nSPS) is 14.0. The van der Waals surface area contributed by atoms with Crippen LogP contribution in [0.2, 0.25) is 0 Å². The number of morpholine rings is 1. The molecule has 1 aliphatic rings. The molecule has 8 heteroatoms. The van der Waals surface area contributed by atoms with Gasteiger partial charge in [0.25, 0.3) is 11.5 Å². The Bertz CT molecular complexity index is 1100. The molecule has 0 saturated carbocycles. The van der Waals surface area contributed by atoms with Crippen molar-refractivity contribution < 1.29 is 9.53 Å². The zero-order valence-electron chi connectivity index (χ0n) is 17.0. The van der Waals surface area contributed by atoms with E-state index in [-0.39, 0.29) is 12.1 Å². The minimum Gasteiger partial charge on any atom is -0.378 e. The van der Waals surface area contributed by atoms with Crippen molar-refractivity contribution in [3.05, 3.63) is 82.6 Å². The molecule has 1 fully saturated rings. The highest BCUT2D eigenvalue weighted by atomic mass is 16.5. The van der Waals surface area contributed by atoms with E-state index in [1.807, 2.05) is 54.6 Å². The molecule has 1 aliphatic heterocycles. The van der Waals surface area contributed by atoms with Gasteiger partial charge in [0, 0.05) is 30.4 Å². The van der Waals surface area contributed by atoms with Gasteiger partial charge in [0.05, 0.1) is 25.1 Å². The maximum Gasteiger partial charge on any atom is 0.267 e. The number of carbonyl (C=O) groups is 1. The SMILES string of the molecule is O=C(Cn1nc(-c2ccccc2)ccc1=O)N/N=C/c1ccc(N2CCOCC2)cc1. The molecule has 8 nitrogen and oxygen atoms in total. The summed E-state index contributed by atoms with van der Waals surface area (Å²) in [6.45, 7) is 3.01. The van der Waals surface area contributed by atoms with Gasteiger partial charge in [-0.05, 0) is 23.8 Å². The van der Waals surface area contributed by atoms with Crippen LogP contribution in [-0.4, -0.2) is 48.2 Å². The standard InChI is InChI=1S/C23H23N5O3/c29-22(17-28-23(30)11-10-21(26-28)19-4-2-1-3-5-19)25-24-16-18-6-8-20(9-7-18)27-12-14-31-15-13-27/h1-11,16H,12-15,17H2,(H,25,29)/b24-16+. The van der Waals surface area contributed by atoms with E-state index < -0.39 is 5.91 Å². The summed E-state index contributed by atoms with van der Waals surface area (Å²) < 4.78 is 6.50. The summed E-state index contributed by atoms with van der Waals surface area (Å²) in [5, 5.41) is 8.27. The van der Waals surface area contributed by atoms with Crippen LogP contribution in [-0.2, 0) is 16.1 Å². The van der Waals surface area contributed by atoms with Gasteiger partial charge in [-0.1, -0.05) is 42.5 Å². The number of amides is 1. The van der Waals surface area contributed by atoms with Crippen molar-refractivity contribution in [2.45, 2.75) is 6.54 Å². The molecule has 1 N–H and O–H groups in total. The summed E-state index contributed by atoms with van der Waals surface area (Å²) >= 11 is 0. The Balaban J connectivity index is 1.35. The van der Waals surface area contributed by atoms with E-state index in [9.17, 15) is 9.59 Å². The largest absolute Gasteiger partial charge is 0.378 e. The van der Waals surface area contributed by atoms with E-state index in [0.29, 0.717) is 5.69 Å². The number of carbonyl (C=O) groups excluding carboxylic acids is 1. The van der Waals surface area contributed by atoms with Gasteiger partial charge in [0.15, 0.2) is 0 Å². The first-order valence-corrected chi connectivity index (χ1v) is 10.1. The van der Waals surface area contributed by atoms with E-state index in [4.69, 9.17) is 4.74 Å². The van der Waals surface area contributed by atoms with Gasteiger partial charge in [-0.15, -0.1) is 0 Å². The van der Waals surface area contributed by atoms with Crippen molar-refractivity contribution in [3.8, 4) is 11.3 Å². The van der Waals surface area contributed by atoms with Crippen LogP contribution in [0, 0.1) is 0 Å². The minimum absolute atomic E-state index is 0.215. The fraction of sp³-hybridized carbons (Fsp3) is 0.217. The first-order chi connectivity index (χ1) is 15.2. The third-order valence-electron chi connectivity index (χ3n) is 4.90. The van der Waals surface area contributed by atoms with Crippen molar-refractivity contribution in [2.75, 3.05) is 31.2 Å². The van der Waals surface area contributed by atoms with E-state index in [2.05, 4.69) is 20.5 Å². The number of nitrogens with one attached hydrogen (secondary N) is 1. The van der Waals surface area contributed by atoms with Gasteiger partial charge in [-0.25, -0.2) is 10.1 Å². The van der Waals surface area contributed by atoms with Crippen LogP contribution in [0.5, 0.6) is 0 Å². The molecule has 1 aromatic heterocycles. The van der Waals surface area contributed by atoms with Crippen LogP contribution in [0.3, 0.4) is 0 Å². The molecular formula is C23H23N5O3. The molecule has 0 spiro atoms. The lowest BCUT2D eigenvalue weighted by Gasteiger charge is -2.28. The predicted molar refractivity (Wildman–Crippen MR) is 119 cm³/mol. The first-order valence-electron chi connectivity index (χ1n) is 10.1. The summed E-state index contributed by atoms with van der Waals surface area (Å²) in [6.07, 6.45) is 1.57. The van der Waals surface area contributed by atoms with E-state index in [0.717, 1.165) is 47.8 Å². The maximum absolute atomic E-state index is 12.2. The third-order valence-corrected chi connectivity index (χ3v) is 4.90. The Morgan fingerprint density at radius 1 is 1.03 bits per heavy atom. The summed E-state index contributed by atoms with van der Waals surface area (Å²) in [6, 6.07) is 20.4. The molecule has 0 bridgehead atoms. The van der Waals surface area contributed by atoms with Gasteiger partial charge in [-0.2, -0.15) is 10.2 Å². The predicted octanol–water partition coefficient (Wildman–Crippen LogP) is 1.90. The second kappa shape index (κ2) is 9.82. The molecule has 0 atom stereocenters. The number of hydrazone groups is 1. The number of hydrogen-bond acceptors (Lipinski definition) is 6. The Kier molecular flexibility index (Phi) is 6.49. The number of ether oxygens (including phenoxy) is 1. The second-order valence-corrected chi connectivity index (χ2v) is 7.06. The first kappa shape index (κ1) is 20.5. The Labute approximate surface area is 179 Å². The van der Waals surface area contributed by atoms with Crippen LogP contribution >= 0.6 is 0 Å². The topological polar surface area (TPSA) is 88.8 Å². The lowest BCUT2D eigenvalue weighted by molar-refractivity contribution is -0.121. The van der Waals surface area contributed by atoms with Crippen LogP contribution < -0.4 is 15.9 Å². The van der Waals surface area contributed by atoms with E-state index >= 15 is 0 Å². The Morgan fingerprint density at radius 3 is 2.52 bits per heavy atom. The Hall–Kier alpha value is -3.78. The molecule has 1 saturated heterocycles. The molecule has 3 aromatic rings. The molecule has 1 amide bonds. The molecule has 31 heavy (non-hydrogen) atoms. The number of benzene rings is 2. The van der Waals surface area contributed by atoms with Crippen LogP contribution in [0.15, 0.2) is 76.6 Å². The van der Waals surface area contributed by atoms with Crippen molar-refractivity contribution in [1.82, 2.24) is 15.2 Å². The number of aromatic nitrogens is 2. The number of anilines is 1. The van der Waals surface area contributed by atoms with Crippen molar-refractivity contribution in [3.63, 3.8) is 0 Å². The van der Waals surface area contributed by atoms with Crippen molar-refractivity contribution in [1.29, 1.82) is 0 Å². The zero-order chi connectivity index (χ0) is 21.5. The molecule has 4 rings (SSSR count). The smallest absolute Gasteiger partial charge is 0.267 e. The fourth-order valence-corrected chi connectivity index (χ4v) is 3.27. The lowest BCUT2D eigenvalue weighted by atomic mass is 10.1. The molecule has 0 radical (unpaired) electrons. The zero-order valence-corrected chi connectivity index (χ0v) is 17.0. The monoisotopic (exact) mass is 417 g/mol. The van der Waals surface area contributed by atoms with Crippen LogP contribution in [0.1, 0.15) is 5.56 Å². The second-order valence-electron chi connectivity index (χ2n) is 7.06. The molecule has 158 valence electrons. The Morgan fingerprint density at radius 2 is 1.77 bits per heavy atom. The van der Waals surface area contributed by atoms with Gasteiger partial charge < -0.3 is 9.64 Å².